The van der Waals surface area contributed by atoms with Gasteiger partial charge in [-0.2, -0.15) is 5.10 Å². The van der Waals surface area contributed by atoms with Crippen molar-refractivity contribution in [3.63, 3.8) is 0 Å². The van der Waals surface area contributed by atoms with E-state index in [0.717, 1.165) is 5.69 Å². The van der Waals surface area contributed by atoms with Crippen LogP contribution in [0.1, 0.15) is 10.4 Å². The summed E-state index contributed by atoms with van der Waals surface area (Å²) in [6, 6.07) is 14.0. The first-order valence-corrected chi connectivity index (χ1v) is 10.1. The Labute approximate surface area is 184 Å². The first kappa shape index (κ1) is 21.0. The predicted molar refractivity (Wildman–Crippen MR) is 115 cm³/mol. The quantitative estimate of drug-likeness (QED) is 0.614. The zero-order valence-corrected chi connectivity index (χ0v) is 17.3. The second kappa shape index (κ2) is 9.73. The van der Waals surface area contributed by atoms with Crippen LogP contribution in [0.2, 0.25) is 0 Å². The monoisotopic (exact) mass is 434 g/mol. The number of para-hydroxylation sites is 1. The van der Waals surface area contributed by atoms with Crippen LogP contribution in [0.5, 0.6) is 0 Å². The van der Waals surface area contributed by atoms with E-state index < -0.39 is 5.97 Å². The highest BCUT2D eigenvalue weighted by Crippen LogP contribution is 2.10. The Hall–Kier alpha value is -4.21. The van der Waals surface area contributed by atoms with Crippen LogP contribution in [0.25, 0.3) is 5.82 Å². The third-order valence-electron chi connectivity index (χ3n) is 4.99. The fraction of sp³-hybridized carbons (Fsp3) is 0.227. The Morgan fingerprint density at radius 2 is 1.69 bits per heavy atom. The number of rotatable bonds is 5. The van der Waals surface area contributed by atoms with E-state index in [1.807, 2.05) is 30.3 Å². The number of carbonyl (C=O) groups excluding carboxylic acids is 3. The van der Waals surface area contributed by atoms with E-state index in [-0.39, 0.29) is 24.1 Å². The molecule has 10 nitrogen and oxygen atoms in total. The summed E-state index contributed by atoms with van der Waals surface area (Å²) in [5, 5.41) is 6.90. The van der Waals surface area contributed by atoms with Crippen molar-refractivity contribution >= 4 is 23.6 Å². The molecule has 32 heavy (non-hydrogen) atoms. The topological polar surface area (TPSA) is 110 Å². The van der Waals surface area contributed by atoms with Crippen molar-refractivity contribution in [2.24, 2.45) is 0 Å². The summed E-state index contributed by atoms with van der Waals surface area (Å²) in [6.07, 6.45) is 4.75. The van der Waals surface area contributed by atoms with Gasteiger partial charge in [-0.25, -0.2) is 19.3 Å². The van der Waals surface area contributed by atoms with Crippen molar-refractivity contribution < 1.29 is 19.1 Å². The van der Waals surface area contributed by atoms with Gasteiger partial charge in [0.1, 0.15) is 0 Å². The lowest BCUT2D eigenvalue weighted by atomic mass is 10.3. The summed E-state index contributed by atoms with van der Waals surface area (Å²) in [5.74, 6) is -0.363. The summed E-state index contributed by atoms with van der Waals surface area (Å²) in [6.45, 7) is 1.18. The van der Waals surface area contributed by atoms with Crippen LogP contribution in [0, 0.1) is 0 Å². The van der Waals surface area contributed by atoms with Crippen molar-refractivity contribution in [1.29, 1.82) is 0 Å². The Kier molecular flexibility index (Phi) is 6.40. The fourth-order valence-electron chi connectivity index (χ4n) is 3.23. The molecule has 0 atom stereocenters. The molecule has 0 spiro atoms. The summed E-state index contributed by atoms with van der Waals surface area (Å²) in [4.78, 5) is 44.4. The van der Waals surface area contributed by atoms with Gasteiger partial charge in [-0.3, -0.25) is 4.79 Å². The Bertz CT molecular complexity index is 1060. The molecular weight excluding hydrogens is 412 g/mol. The summed E-state index contributed by atoms with van der Waals surface area (Å²) in [7, 11) is 0. The summed E-state index contributed by atoms with van der Waals surface area (Å²) in [5.41, 5.74) is 0.964. The molecule has 1 aromatic carbocycles. The van der Waals surface area contributed by atoms with Gasteiger partial charge in [-0.15, -0.1) is 0 Å². The number of urea groups is 1. The Morgan fingerprint density at radius 3 is 2.34 bits per heavy atom. The van der Waals surface area contributed by atoms with Crippen LogP contribution in [-0.4, -0.2) is 75.3 Å². The standard InChI is InChI=1S/C22H22N6O4/c29-20(16-32-21(30)17-7-8-19(23-15-17)28-10-4-9-24-28)26-11-13-27(14-12-26)22(31)25-18-5-2-1-3-6-18/h1-10,15H,11-14,16H2,(H,25,31). The molecule has 0 radical (unpaired) electrons. The van der Waals surface area contributed by atoms with Gasteiger partial charge in [0.05, 0.1) is 5.56 Å². The number of carbonyl (C=O) groups is 3. The van der Waals surface area contributed by atoms with Crippen molar-refractivity contribution in [2.45, 2.75) is 0 Å². The fourth-order valence-corrected chi connectivity index (χ4v) is 3.23. The van der Waals surface area contributed by atoms with Gasteiger partial charge in [0.25, 0.3) is 5.91 Å². The van der Waals surface area contributed by atoms with E-state index in [2.05, 4.69) is 15.4 Å². The largest absolute Gasteiger partial charge is 0.452 e. The molecule has 1 aliphatic heterocycles. The van der Waals surface area contributed by atoms with Crippen LogP contribution in [0.15, 0.2) is 67.1 Å². The minimum absolute atomic E-state index is 0.208. The number of ether oxygens (including phenoxy) is 1. The lowest BCUT2D eigenvalue weighted by Crippen LogP contribution is -2.52. The minimum Gasteiger partial charge on any atom is -0.452 e. The number of anilines is 1. The SMILES string of the molecule is O=C(OCC(=O)N1CCN(C(=O)Nc2ccccc2)CC1)c1ccc(-n2cccn2)nc1. The number of hydrogen-bond donors (Lipinski definition) is 1. The lowest BCUT2D eigenvalue weighted by Gasteiger charge is -2.34. The maximum Gasteiger partial charge on any atom is 0.340 e. The molecule has 1 saturated heterocycles. The molecule has 1 fully saturated rings. The zero-order chi connectivity index (χ0) is 22.3. The van der Waals surface area contributed by atoms with Crippen LogP contribution in [0.3, 0.4) is 0 Å². The van der Waals surface area contributed by atoms with E-state index in [1.54, 1.807) is 45.1 Å². The van der Waals surface area contributed by atoms with E-state index >= 15 is 0 Å². The van der Waals surface area contributed by atoms with E-state index in [1.165, 1.54) is 6.20 Å². The minimum atomic E-state index is -0.626. The normalized spacial score (nSPS) is 13.5. The Balaban J connectivity index is 1.22. The highest BCUT2D eigenvalue weighted by atomic mass is 16.5. The number of benzene rings is 1. The number of hydrogen-bond acceptors (Lipinski definition) is 6. The van der Waals surface area contributed by atoms with Gasteiger partial charge < -0.3 is 19.9 Å². The van der Waals surface area contributed by atoms with Crippen molar-refractivity contribution in [3.05, 3.63) is 72.7 Å². The molecule has 0 unspecified atom stereocenters. The summed E-state index contributed by atoms with van der Waals surface area (Å²) >= 11 is 0. The molecular formula is C22H22N6O4. The van der Waals surface area contributed by atoms with Gasteiger partial charge in [-0.1, -0.05) is 18.2 Å². The van der Waals surface area contributed by atoms with E-state index in [4.69, 9.17) is 4.74 Å². The molecule has 0 bridgehead atoms. The predicted octanol–water partition coefficient (Wildman–Crippen LogP) is 1.80. The number of amides is 3. The molecule has 3 heterocycles. The molecule has 1 N–H and O–H groups in total. The molecule has 3 aromatic rings. The van der Waals surface area contributed by atoms with Crippen molar-refractivity contribution in [3.8, 4) is 5.82 Å². The van der Waals surface area contributed by atoms with Crippen LogP contribution >= 0.6 is 0 Å². The first-order chi connectivity index (χ1) is 15.6. The number of piperazine rings is 1. The molecule has 10 heteroatoms. The average Bonchev–Trinajstić information content (AvgIpc) is 3.38. The highest BCUT2D eigenvalue weighted by molar-refractivity contribution is 5.91. The second-order valence-electron chi connectivity index (χ2n) is 7.10. The van der Waals surface area contributed by atoms with Crippen LogP contribution < -0.4 is 5.32 Å². The van der Waals surface area contributed by atoms with Crippen LogP contribution in [0.4, 0.5) is 10.5 Å². The number of nitrogens with one attached hydrogen (secondary N) is 1. The maximum absolute atomic E-state index is 12.4. The van der Waals surface area contributed by atoms with E-state index in [9.17, 15) is 14.4 Å². The molecule has 0 saturated carbocycles. The van der Waals surface area contributed by atoms with Crippen molar-refractivity contribution in [1.82, 2.24) is 24.6 Å². The molecule has 0 aliphatic carbocycles. The van der Waals surface area contributed by atoms with Gasteiger partial charge >= 0.3 is 12.0 Å². The molecule has 4 rings (SSSR count). The molecule has 3 amide bonds. The molecule has 164 valence electrons. The zero-order valence-electron chi connectivity index (χ0n) is 17.3. The number of pyridine rings is 1. The van der Waals surface area contributed by atoms with Crippen LogP contribution in [-0.2, 0) is 9.53 Å². The van der Waals surface area contributed by atoms with Gasteiger partial charge in [-0.05, 0) is 30.3 Å². The van der Waals surface area contributed by atoms with E-state index in [0.29, 0.717) is 32.0 Å². The third-order valence-corrected chi connectivity index (χ3v) is 4.99. The Morgan fingerprint density at radius 1 is 0.938 bits per heavy atom. The number of esters is 1. The van der Waals surface area contributed by atoms with Crippen molar-refractivity contribution in [2.75, 3.05) is 38.1 Å². The maximum atomic E-state index is 12.4. The molecule has 2 aromatic heterocycles. The summed E-state index contributed by atoms with van der Waals surface area (Å²) < 4.78 is 6.71. The third kappa shape index (κ3) is 5.09. The molecule has 1 aliphatic rings. The smallest absolute Gasteiger partial charge is 0.340 e. The van der Waals surface area contributed by atoms with Gasteiger partial charge in [0.15, 0.2) is 12.4 Å². The lowest BCUT2D eigenvalue weighted by molar-refractivity contribution is -0.135. The van der Waals surface area contributed by atoms with Gasteiger partial charge in [0, 0.05) is 50.5 Å². The van der Waals surface area contributed by atoms with Gasteiger partial charge in [0.2, 0.25) is 0 Å². The number of nitrogens with zero attached hydrogens (tertiary/aromatic N) is 5. The highest BCUT2D eigenvalue weighted by Gasteiger charge is 2.25. The average molecular weight is 434 g/mol. The number of aromatic nitrogens is 3. The second-order valence-corrected chi connectivity index (χ2v) is 7.10. The first-order valence-electron chi connectivity index (χ1n) is 10.1.